The molecular formula is C10H9NO3S. The van der Waals surface area contributed by atoms with E-state index in [2.05, 4.69) is 9.37 Å². The van der Waals surface area contributed by atoms with Gasteiger partial charge in [-0.3, -0.25) is 0 Å². The van der Waals surface area contributed by atoms with E-state index in [-0.39, 0.29) is 0 Å². The van der Waals surface area contributed by atoms with Crippen LogP contribution in [0, 0.1) is 0 Å². The van der Waals surface area contributed by atoms with Crippen molar-refractivity contribution in [3.8, 4) is 0 Å². The molecule has 3 N–H and O–H groups in total. The standard InChI is InChI=1S/C10H9NO3S/c11-9-3-1-8-6-10(15-14-13-12)4-2-7(8)5-9/h1-6,12H,11H2. The van der Waals surface area contributed by atoms with Crippen molar-refractivity contribution in [3.05, 3.63) is 36.4 Å². The number of anilines is 1. The highest BCUT2D eigenvalue weighted by Gasteiger charge is 1.99. The first-order valence-corrected chi connectivity index (χ1v) is 4.98. The van der Waals surface area contributed by atoms with Crippen LogP contribution in [0.3, 0.4) is 0 Å². The Kier molecular flexibility index (Phi) is 3.08. The average molecular weight is 223 g/mol. The summed E-state index contributed by atoms with van der Waals surface area (Å²) in [5, 5.41) is 13.6. The molecule has 0 aromatic heterocycles. The van der Waals surface area contributed by atoms with Crippen molar-refractivity contribution in [2.45, 2.75) is 4.90 Å². The maximum Gasteiger partial charge on any atom is 0.0714 e. The van der Waals surface area contributed by atoms with Crippen LogP contribution in [-0.2, 0) is 9.37 Å². The van der Waals surface area contributed by atoms with Gasteiger partial charge in [0.25, 0.3) is 0 Å². The van der Waals surface area contributed by atoms with Crippen molar-refractivity contribution in [3.63, 3.8) is 0 Å². The molecule has 0 heterocycles. The lowest BCUT2D eigenvalue weighted by Crippen LogP contribution is -1.84. The van der Waals surface area contributed by atoms with Crippen molar-refractivity contribution in [2.24, 2.45) is 0 Å². The summed E-state index contributed by atoms with van der Waals surface area (Å²) in [6.07, 6.45) is 0. The molecule has 0 saturated carbocycles. The van der Waals surface area contributed by atoms with Gasteiger partial charge in [0.15, 0.2) is 0 Å². The topological polar surface area (TPSA) is 64.7 Å². The van der Waals surface area contributed by atoms with Gasteiger partial charge in [0, 0.05) is 10.6 Å². The van der Waals surface area contributed by atoms with Crippen LogP contribution < -0.4 is 5.73 Å². The number of benzene rings is 2. The fourth-order valence-electron chi connectivity index (χ4n) is 1.35. The van der Waals surface area contributed by atoms with Gasteiger partial charge in [-0.2, -0.15) is 0 Å². The van der Waals surface area contributed by atoms with Gasteiger partial charge in [-0.15, -0.1) is 4.33 Å². The third kappa shape index (κ3) is 2.40. The summed E-state index contributed by atoms with van der Waals surface area (Å²) in [7, 11) is 0. The SMILES string of the molecule is Nc1ccc2cc(SOOO)ccc2c1. The Morgan fingerprint density at radius 3 is 2.60 bits per heavy atom. The van der Waals surface area contributed by atoms with E-state index < -0.39 is 0 Å². The second-order valence-corrected chi connectivity index (χ2v) is 3.77. The summed E-state index contributed by atoms with van der Waals surface area (Å²) < 4.78 is 4.34. The minimum absolute atomic E-state index is 0.734. The summed E-state index contributed by atoms with van der Waals surface area (Å²) in [5.74, 6) is 0. The fourth-order valence-corrected chi connectivity index (χ4v) is 1.76. The minimum Gasteiger partial charge on any atom is -0.399 e. The molecule has 5 heteroatoms. The van der Waals surface area contributed by atoms with Crippen LogP contribution in [0.15, 0.2) is 41.3 Å². The molecule has 0 bridgehead atoms. The summed E-state index contributed by atoms with van der Waals surface area (Å²) >= 11 is 0.936. The molecule has 0 aliphatic carbocycles. The maximum absolute atomic E-state index is 8.02. The Labute approximate surface area is 90.7 Å². The van der Waals surface area contributed by atoms with E-state index >= 15 is 0 Å². The normalized spacial score (nSPS) is 10.7. The molecule has 2 aromatic rings. The Morgan fingerprint density at radius 1 is 1.07 bits per heavy atom. The zero-order valence-electron chi connectivity index (χ0n) is 7.71. The van der Waals surface area contributed by atoms with Gasteiger partial charge in [0.1, 0.15) is 0 Å². The van der Waals surface area contributed by atoms with E-state index in [0.717, 1.165) is 33.4 Å². The Hall–Kier alpha value is -1.27. The van der Waals surface area contributed by atoms with Crippen LogP contribution >= 0.6 is 12.0 Å². The molecule has 2 rings (SSSR count). The molecule has 0 amide bonds. The maximum atomic E-state index is 8.02. The van der Waals surface area contributed by atoms with E-state index in [0.29, 0.717) is 0 Å². The summed E-state index contributed by atoms with van der Waals surface area (Å²) in [6, 6.07) is 11.3. The van der Waals surface area contributed by atoms with Crippen molar-refractivity contribution >= 4 is 28.5 Å². The van der Waals surface area contributed by atoms with Crippen LogP contribution in [0.4, 0.5) is 5.69 Å². The van der Waals surface area contributed by atoms with Crippen LogP contribution in [-0.4, -0.2) is 5.26 Å². The lowest BCUT2D eigenvalue weighted by Gasteiger charge is -2.02. The fraction of sp³-hybridized carbons (Fsp3) is 0. The quantitative estimate of drug-likeness (QED) is 0.362. The molecule has 0 aliphatic rings. The van der Waals surface area contributed by atoms with Gasteiger partial charge in [0.05, 0.1) is 12.0 Å². The first-order valence-electron chi connectivity index (χ1n) is 4.23. The zero-order chi connectivity index (χ0) is 10.7. The van der Waals surface area contributed by atoms with E-state index in [4.69, 9.17) is 11.0 Å². The molecule has 0 unspecified atom stereocenters. The monoisotopic (exact) mass is 223 g/mol. The number of nitrogens with two attached hydrogens (primary N) is 1. The molecule has 78 valence electrons. The summed E-state index contributed by atoms with van der Waals surface area (Å²) in [4.78, 5) is 0.835. The molecule has 0 spiro atoms. The summed E-state index contributed by atoms with van der Waals surface area (Å²) in [5.41, 5.74) is 6.39. The molecule has 15 heavy (non-hydrogen) atoms. The van der Waals surface area contributed by atoms with Gasteiger partial charge in [-0.25, -0.2) is 5.26 Å². The number of nitrogen functional groups attached to an aromatic ring is 1. The highest BCUT2D eigenvalue weighted by atomic mass is 32.2. The Morgan fingerprint density at radius 2 is 1.80 bits per heavy atom. The molecule has 0 saturated heterocycles. The first-order chi connectivity index (χ1) is 7.29. The Balaban J connectivity index is 2.34. The van der Waals surface area contributed by atoms with E-state index in [1.54, 1.807) is 0 Å². The van der Waals surface area contributed by atoms with Crippen molar-refractivity contribution < 1.29 is 14.6 Å². The lowest BCUT2D eigenvalue weighted by atomic mass is 10.1. The molecular weight excluding hydrogens is 214 g/mol. The highest BCUT2D eigenvalue weighted by molar-refractivity contribution is 7.94. The second kappa shape index (κ2) is 4.50. The number of hydrogen-bond donors (Lipinski definition) is 2. The molecule has 0 fully saturated rings. The van der Waals surface area contributed by atoms with Gasteiger partial charge in [-0.1, -0.05) is 17.2 Å². The number of hydrogen-bond acceptors (Lipinski definition) is 5. The minimum atomic E-state index is 0.734. The van der Waals surface area contributed by atoms with Crippen molar-refractivity contribution in [1.29, 1.82) is 0 Å². The van der Waals surface area contributed by atoms with Crippen LogP contribution in [0.5, 0.6) is 0 Å². The number of rotatable bonds is 3. The predicted octanol–water partition coefficient (Wildman–Crippen LogP) is 2.85. The average Bonchev–Trinajstić information content (AvgIpc) is 2.26. The largest absolute Gasteiger partial charge is 0.399 e. The van der Waals surface area contributed by atoms with Gasteiger partial charge >= 0.3 is 0 Å². The predicted molar refractivity (Wildman–Crippen MR) is 59.0 cm³/mol. The molecule has 0 aliphatic heterocycles. The first kappa shape index (κ1) is 10.3. The molecule has 0 radical (unpaired) electrons. The third-order valence-corrected chi connectivity index (χ3v) is 2.57. The third-order valence-electron chi connectivity index (χ3n) is 2.00. The van der Waals surface area contributed by atoms with Gasteiger partial charge in [-0.05, 0) is 35.0 Å². The van der Waals surface area contributed by atoms with Gasteiger partial charge in [0.2, 0.25) is 0 Å². The number of fused-ring (bicyclic) bond motifs is 1. The summed E-state index contributed by atoms with van der Waals surface area (Å²) in [6.45, 7) is 0. The zero-order valence-corrected chi connectivity index (χ0v) is 8.53. The van der Waals surface area contributed by atoms with Crippen molar-refractivity contribution in [2.75, 3.05) is 5.73 Å². The van der Waals surface area contributed by atoms with E-state index in [1.807, 2.05) is 36.4 Å². The smallest absolute Gasteiger partial charge is 0.0714 e. The Bertz CT molecular complexity index is 475. The molecule has 4 nitrogen and oxygen atoms in total. The van der Waals surface area contributed by atoms with Crippen LogP contribution in [0.25, 0.3) is 10.8 Å². The van der Waals surface area contributed by atoms with E-state index in [9.17, 15) is 0 Å². The lowest BCUT2D eigenvalue weighted by molar-refractivity contribution is -0.432. The van der Waals surface area contributed by atoms with Crippen LogP contribution in [0.2, 0.25) is 0 Å². The molecule has 2 aromatic carbocycles. The van der Waals surface area contributed by atoms with Crippen LogP contribution in [0.1, 0.15) is 0 Å². The van der Waals surface area contributed by atoms with Gasteiger partial charge < -0.3 is 5.73 Å². The van der Waals surface area contributed by atoms with E-state index in [1.165, 1.54) is 0 Å². The second-order valence-electron chi connectivity index (χ2n) is 2.99. The highest BCUT2D eigenvalue weighted by Crippen LogP contribution is 2.25. The van der Waals surface area contributed by atoms with Crippen molar-refractivity contribution in [1.82, 2.24) is 0 Å². The molecule has 0 atom stereocenters.